The Labute approximate surface area is 216 Å². The summed E-state index contributed by atoms with van der Waals surface area (Å²) in [4.78, 5) is 46.8. The number of fused-ring (bicyclic) bond motifs is 1. The first kappa shape index (κ1) is 24.6. The summed E-state index contributed by atoms with van der Waals surface area (Å²) in [5.74, 6) is -0.614. The van der Waals surface area contributed by atoms with E-state index < -0.39 is 5.97 Å². The van der Waals surface area contributed by atoms with E-state index in [0.717, 1.165) is 41.8 Å². The standard InChI is InChI=1S/C28H33N3O4S/c1-2-35-28(34)24-25(29-14-16-30(17-15-29)26(32)23-13-8-18-36-23)21-11-6-7-12-22(21)31(27(24)33)19-20-9-4-3-5-10-20/h3-5,8-10,13,18,21-22H,2,6-7,11-12,14-17,19H2,1H3. The van der Waals surface area contributed by atoms with E-state index in [4.69, 9.17) is 4.74 Å². The molecular formula is C28H33N3O4S. The normalized spacial score (nSPS) is 22.5. The third-order valence-electron chi connectivity index (χ3n) is 7.53. The molecular weight excluding hydrogens is 474 g/mol. The lowest BCUT2D eigenvalue weighted by Gasteiger charge is -2.49. The first-order valence-electron chi connectivity index (χ1n) is 12.9. The van der Waals surface area contributed by atoms with Gasteiger partial charge in [-0.3, -0.25) is 9.59 Å². The molecule has 2 unspecified atom stereocenters. The van der Waals surface area contributed by atoms with Crippen molar-refractivity contribution < 1.29 is 19.1 Å². The molecule has 7 nitrogen and oxygen atoms in total. The fourth-order valence-corrected chi connectivity index (χ4v) is 6.55. The molecule has 3 heterocycles. The van der Waals surface area contributed by atoms with Crippen molar-refractivity contribution >= 4 is 29.1 Å². The van der Waals surface area contributed by atoms with E-state index in [-0.39, 0.29) is 36.0 Å². The lowest BCUT2D eigenvalue weighted by Crippen LogP contribution is -2.57. The van der Waals surface area contributed by atoms with Crippen molar-refractivity contribution in [2.45, 2.75) is 45.2 Å². The maximum absolute atomic E-state index is 14.0. The SMILES string of the molecule is CCOC(=O)C1=C(N2CCN(C(=O)c3cccs3)CC2)C2CCCCC2N(Cc2ccccc2)C1=O. The molecule has 5 rings (SSSR count). The summed E-state index contributed by atoms with van der Waals surface area (Å²) < 4.78 is 5.43. The van der Waals surface area contributed by atoms with Crippen LogP contribution in [0.4, 0.5) is 0 Å². The van der Waals surface area contributed by atoms with Crippen LogP contribution in [0, 0.1) is 5.92 Å². The molecule has 0 N–H and O–H groups in total. The van der Waals surface area contributed by atoms with E-state index >= 15 is 0 Å². The molecule has 1 aromatic carbocycles. The summed E-state index contributed by atoms with van der Waals surface area (Å²) in [5, 5.41) is 1.91. The molecule has 36 heavy (non-hydrogen) atoms. The Morgan fingerprint density at radius 2 is 1.75 bits per heavy atom. The molecule has 1 saturated heterocycles. The zero-order valence-electron chi connectivity index (χ0n) is 20.7. The topological polar surface area (TPSA) is 70.2 Å². The number of esters is 1. The average molecular weight is 508 g/mol. The summed E-state index contributed by atoms with van der Waals surface area (Å²) in [5.41, 5.74) is 2.09. The van der Waals surface area contributed by atoms with Gasteiger partial charge in [0.05, 0.1) is 11.5 Å². The molecule has 0 spiro atoms. The highest BCUT2D eigenvalue weighted by molar-refractivity contribution is 7.12. The summed E-state index contributed by atoms with van der Waals surface area (Å²) in [7, 11) is 0. The highest BCUT2D eigenvalue weighted by atomic mass is 32.1. The molecule has 0 radical (unpaired) electrons. The Balaban J connectivity index is 1.45. The van der Waals surface area contributed by atoms with Gasteiger partial charge in [0.25, 0.3) is 11.8 Å². The van der Waals surface area contributed by atoms with E-state index in [1.54, 1.807) is 6.92 Å². The Morgan fingerprint density at radius 3 is 2.44 bits per heavy atom. The molecule has 0 bridgehead atoms. The Hall–Kier alpha value is -3.13. The van der Waals surface area contributed by atoms with Gasteiger partial charge in [0.2, 0.25) is 0 Å². The van der Waals surface area contributed by atoms with Crippen molar-refractivity contribution in [1.82, 2.24) is 14.7 Å². The molecule has 1 aliphatic carbocycles. The molecule has 8 heteroatoms. The molecule has 2 aromatic rings. The van der Waals surface area contributed by atoms with Crippen molar-refractivity contribution in [1.29, 1.82) is 0 Å². The van der Waals surface area contributed by atoms with Gasteiger partial charge in [-0.2, -0.15) is 0 Å². The van der Waals surface area contributed by atoms with Crippen LogP contribution < -0.4 is 0 Å². The smallest absolute Gasteiger partial charge is 0.345 e. The van der Waals surface area contributed by atoms with E-state index in [1.807, 2.05) is 57.6 Å². The van der Waals surface area contributed by atoms with Crippen LogP contribution in [0.3, 0.4) is 0 Å². The van der Waals surface area contributed by atoms with Gasteiger partial charge in [0, 0.05) is 50.4 Å². The number of nitrogens with zero attached hydrogens (tertiary/aromatic N) is 3. The molecule has 1 aromatic heterocycles. The van der Waals surface area contributed by atoms with Crippen molar-refractivity contribution in [2.75, 3.05) is 32.8 Å². The number of ether oxygens (including phenoxy) is 1. The zero-order chi connectivity index (χ0) is 25.1. The third-order valence-corrected chi connectivity index (χ3v) is 8.38. The van der Waals surface area contributed by atoms with Gasteiger partial charge in [-0.05, 0) is 36.8 Å². The van der Waals surface area contributed by atoms with Gasteiger partial charge in [0.1, 0.15) is 5.57 Å². The van der Waals surface area contributed by atoms with Crippen LogP contribution in [0.5, 0.6) is 0 Å². The number of carbonyl (C=O) groups is 3. The van der Waals surface area contributed by atoms with Gasteiger partial charge < -0.3 is 19.4 Å². The highest BCUT2D eigenvalue weighted by Gasteiger charge is 2.47. The quantitative estimate of drug-likeness (QED) is 0.438. The summed E-state index contributed by atoms with van der Waals surface area (Å²) in [6.45, 7) is 4.81. The summed E-state index contributed by atoms with van der Waals surface area (Å²) >= 11 is 1.45. The van der Waals surface area contributed by atoms with E-state index in [2.05, 4.69) is 4.90 Å². The number of benzene rings is 1. The van der Waals surface area contributed by atoms with Crippen LogP contribution in [0.2, 0.25) is 0 Å². The summed E-state index contributed by atoms with van der Waals surface area (Å²) in [6.07, 6.45) is 4.02. The molecule has 2 aliphatic heterocycles. The largest absolute Gasteiger partial charge is 0.462 e. The highest BCUT2D eigenvalue weighted by Crippen LogP contribution is 2.42. The lowest BCUT2D eigenvalue weighted by atomic mass is 9.76. The molecule has 2 atom stereocenters. The number of thiophene rings is 1. The van der Waals surface area contributed by atoms with Crippen LogP contribution in [0.1, 0.15) is 47.8 Å². The second kappa shape index (κ2) is 10.9. The first-order valence-corrected chi connectivity index (χ1v) is 13.8. The van der Waals surface area contributed by atoms with Crippen LogP contribution in [-0.4, -0.2) is 71.3 Å². The van der Waals surface area contributed by atoms with Crippen molar-refractivity contribution in [2.24, 2.45) is 5.92 Å². The van der Waals surface area contributed by atoms with E-state index in [9.17, 15) is 14.4 Å². The van der Waals surface area contributed by atoms with Crippen molar-refractivity contribution in [3.8, 4) is 0 Å². The molecule has 2 fully saturated rings. The fraction of sp³-hybridized carbons (Fsp3) is 0.464. The predicted molar refractivity (Wildman–Crippen MR) is 138 cm³/mol. The van der Waals surface area contributed by atoms with Crippen LogP contribution >= 0.6 is 11.3 Å². The lowest BCUT2D eigenvalue weighted by molar-refractivity contribution is -0.145. The number of piperazine rings is 1. The number of hydrogen-bond acceptors (Lipinski definition) is 6. The predicted octanol–water partition coefficient (Wildman–Crippen LogP) is 3.92. The minimum atomic E-state index is -0.531. The molecule has 3 aliphatic rings. The van der Waals surface area contributed by atoms with E-state index in [1.165, 1.54) is 11.3 Å². The average Bonchev–Trinajstić information content (AvgIpc) is 3.45. The fourth-order valence-electron chi connectivity index (χ4n) is 5.86. The number of carbonyl (C=O) groups excluding carboxylic acids is 3. The second-order valence-electron chi connectivity index (χ2n) is 9.61. The number of amides is 2. The summed E-state index contributed by atoms with van der Waals surface area (Å²) in [6, 6.07) is 13.8. The molecule has 2 amide bonds. The minimum Gasteiger partial charge on any atom is -0.462 e. The van der Waals surface area contributed by atoms with Gasteiger partial charge in [-0.15, -0.1) is 11.3 Å². The van der Waals surface area contributed by atoms with Crippen molar-refractivity contribution in [3.05, 3.63) is 69.6 Å². The minimum absolute atomic E-state index is 0.0496. The monoisotopic (exact) mass is 507 g/mol. The third kappa shape index (κ3) is 4.78. The number of hydrogen-bond donors (Lipinski definition) is 0. The Kier molecular flexibility index (Phi) is 7.41. The molecule has 1 saturated carbocycles. The van der Waals surface area contributed by atoms with Gasteiger partial charge in [-0.1, -0.05) is 49.2 Å². The maximum Gasteiger partial charge on any atom is 0.345 e. The first-order chi connectivity index (χ1) is 17.6. The van der Waals surface area contributed by atoms with E-state index in [0.29, 0.717) is 32.7 Å². The zero-order valence-corrected chi connectivity index (χ0v) is 21.5. The van der Waals surface area contributed by atoms with Crippen LogP contribution in [0.15, 0.2) is 59.1 Å². The molecule has 190 valence electrons. The van der Waals surface area contributed by atoms with Gasteiger partial charge in [-0.25, -0.2) is 4.79 Å². The van der Waals surface area contributed by atoms with Crippen molar-refractivity contribution in [3.63, 3.8) is 0 Å². The Morgan fingerprint density at radius 1 is 1.00 bits per heavy atom. The second-order valence-corrected chi connectivity index (χ2v) is 10.6. The number of rotatable bonds is 6. The van der Waals surface area contributed by atoms with Gasteiger partial charge >= 0.3 is 5.97 Å². The maximum atomic E-state index is 14.0. The van der Waals surface area contributed by atoms with Crippen LogP contribution in [0.25, 0.3) is 0 Å². The van der Waals surface area contributed by atoms with Crippen LogP contribution in [-0.2, 0) is 20.9 Å². The van der Waals surface area contributed by atoms with Gasteiger partial charge in [0.15, 0.2) is 0 Å². The Bertz CT molecular complexity index is 1120.